The summed E-state index contributed by atoms with van der Waals surface area (Å²) in [6, 6.07) is 0. The van der Waals surface area contributed by atoms with Crippen LogP contribution < -0.4 is 5.32 Å². The highest BCUT2D eigenvalue weighted by molar-refractivity contribution is 5.04. The van der Waals surface area contributed by atoms with Gasteiger partial charge in [-0.15, -0.1) is 0 Å². The minimum absolute atomic E-state index is 0.627. The first kappa shape index (κ1) is 13.5. The third-order valence-electron chi connectivity index (χ3n) is 4.10. The second-order valence-corrected chi connectivity index (χ2v) is 5.59. The smallest absolute Gasteiger partial charge is 0.122 e. The van der Waals surface area contributed by atoms with Gasteiger partial charge >= 0.3 is 0 Å². The average Bonchev–Trinajstić information content (AvgIpc) is 2.40. The Balaban J connectivity index is 1.82. The van der Waals surface area contributed by atoms with Crippen molar-refractivity contribution in [3.63, 3.8) is 0 Å². The van der Waals surface area contributed by atoms with Crippen LogP contribution in [0.3, 0.4) is 0 Å². The molecule has 0 spiro atoms. The lowest BCUT2D eigenvalue weighted by atomic mass is 9.91. The van der Waals surface area contributed by atoms with Gasteiger partial charge in [-0.2, -0.15) is 0 Å². The summed E-state index contributed by atoms with van der Waals surface area (Å²) in [5.74, 6) is 1.77. The Kier molecular flexibility index (Phi) is 6.18. The third kappa shape index (κ3) is 4.75. The van der Waals surface area contributed by atoms with Gasteiger partial charge in [0.2, 0.25) is 0 Å². The number of allylic oxidation sites excluding steroid dienone is 1. The molecule has 1 fully saturated rings. The summed E-state index contributed by atoms with van der Waals surface area (Å²) in [6.45, 7) is 0. The van der Waals surface area contributed by atoms with Crippen LogP contribution in [-0.4, -0.2) is 0 Å². The molecule has 0 bridgehead atoms. The van der Waals surface area contributed by atoms with E-state index in [2.05, 4.69) is 5.32 Å². The highest BCUT2D eigenvalue weighted by Gasteiger charge is 2.16. The van der Waals surface area contributed by atoms with Crippen LogP contribution in [0.2, 0.25) is 0 Å². The van der Waals surface area contributed by atoms with Gasteiger partial charge < -0.3 is 10.1 Å². The minimum Gasteiger partial charge on any atom is -0.466 e. The van der Waals surface area contributed by atoms with Gasteiger partial charge in [-0.1, -0.05) is 57.8 Å². The second-order valence-electron chi connectivity index (χ2n) is 5.59. The van der Waals surface area contributed by atoms with Gasteiger partial charge in [0, 0.05) is 18.3 Å². The number of ether oxygens (including phenoxy) is 1. The van der Waals surface area contributed by atoms with Crippen molar-refractivity contribution in [2.75, 3.05) is 0 Å². The summed E-state index contributed by atoms with van der Waals surface area (Å²) in [4.78, 5) is 0. The van der Waals surface area contributed by atoms with Crippen LogP contribution in [0.5, 0.6) is 0 Å². The third-order valence-corrected chi connectivity index (χ3v) is 4.10. The molecule has 0 amide bonds. The molecule has 1 N–H and O–H groups in total. The Bertz CT molecular complexity index is 271. The summed E-state index contributed by atoms with van der Waals surface area (Å²) in [6.07, 6.45) is 20.9. The zero-order valence-corrected chi connectivity index (χ0v) is 11.5. The number of hydrogen-bond acceptors (Lipinski definition) is 2. The van der Waals surface area contributed by atoms with E-state index < -0.39 is 0 Å². The molecule has 0 radical (unpaired) electrons. The van der Waals surface area contributed by atoms with Crippen LogP contribution in [-0.2, 0) is 4.74 Å². The molecule has 1 aliphatic heterocycles. The van der Waals surface area contributed by atoms with Crippen LogP contribution >= 0.6 is 0 Å². The quantitative estimate of drug-likeness (QED) is 0.718. The van der Waals surface area contributed by atoms with Gasteiger partial charge in [0.25, 0.3) is 0 Å². The Morgan fingerprint density at radius 3 is 1.89 bits per heavy atom. The summed E-state index contributed by atoms with van der Waals surface area (Å²) in [5, 5.41) is 3.15. The Morgan fingerprint density at radius 2 is 1.39 bits per heavy atom. The molecule has 2 aliphatic rings. The highest BCUT2D eigenvalue weighted by Crippen LogP contribution is 2.27. The lowest BCUT2D eigenvalue weighted by molar-refractivity contribution is 0.254. The predicted octanol–water partition coefficient (Wildman–Crippen LogP) is 4.84. The zero-order valence-electron chi connectivity index (χ0n) is 11.5. The van der Waals surface area contributed by atoms with Gasteiger partial charge in [0.1, 0.15) is 12.0 Å². The molecule has 2 heteroatoms. The predicted molar refractivity (Wildman–Crippen MR) is 75.7 cm³/mol. The fraction of sp³-hybridized carbons (Fsp3) is 0.750. The van der Waals surface area contributed by atoms with Crippen molar-refractivity contribution < 1.29 is 4.74 Å². The van der Waals surface area contributed by atoms with E-state index in [0.29, 0.717) is 5.92 Å². The first-order valence-corrected chi connectivity index (χ1v) is 7.74. The summed E-state index contributed by atoms with van der Waals surface area (Å²) >= 11 is 0. The molecule has 18 heavy (non-hydrogen) atoms. The molecule has 102 valence electrons. The first-order valence-electron chi connectivity index (χ1n) is 7.74. The summed E-state index contributed by atoms with van der Waals surface area (Å²) in [5.41, 5.74) is 0. The van der Waals surface area contributed by atoms with E-state index in [1.165, 1.54) is 70.6 Å². The molecule has 1 heterocycles. The van der Waals surface area contributed by atoms with Gasteiger partial charge in [0.15, 0.2) is 0 Å². The molecule has 0 saturated heterocycles. The molecule has 2 rings (SSSR count). The van der Waals surface area contributed by atoms with E-state index in [1.807, 2.05) is 12.4 Å². The molecule has 0 aromatic carbocycles. The Labute approximate surface area is 111 Å². The fourth-order valence-corrected chi connectivity index (χ4v) is 2.98. The summed E-state index contributed by atoms with van der Waals surface area (Å²) < 4.78 is 5.66. The van der Waals surface area contributed by atoms with E-state index in [1.54, 1.807) is 6.26 Å². The average molecular weight is 249 g/mol. The molecule has 0 aromatic rings. The van der Waals surface area contributed by atoms with Gasteiger partial charge in [-0.3, -0.25) is 0 Å². The maximum atomic E-state index is 5.66. The molecule has 2 nitrogen and oxygen atoms in total. The van der Waals surface area contributed by atoms with Gasteiger partial charge in [-0.25, -0.2) is 0 Å². The van der Waals surface area contributed by atoms with E-state index in [9.17, 15) is 0 Å². The van der Waals surface area contributed by atoms with Crippen LogP contribution in [0.25, 0.3) is 0 Å². The van der Waals surface area contributed by atoms with E-state index in [4.69, 9.17) is 4.74 Å². The molecule has 0 unspecified atom stereocenters. The van der Waals surface area contributed by atoms with E-state index >= 15 is 0 Å². The maximum Gasteiger partial charge on any atom is 0.122 e. The summed E-state index contributed by atoms with van der Waals surface area (Å²) in [7, 11) is 0. The Hall–Kier alpha value is -0.920. The van der Waals surface area contributed by atoms with Crippen LogP contribution in [0.1, 0.15) is 70.6 Å². The van der Waals surface area contributed by atoms with Crippen LogP contribution in [0, 0.1) is 5.92 Å². The zero-order chi connectivity index (χ0) is 12.5. The van der Waals surface area contributed by atoms with Crippen LogP contribution in [0.4, 0.5) is 0 Å². The van der Waals surface area contributed by atoms with Gasteiger partial charge in [0.05, 0.1) is 0 Å². The lowest BCUT2D eigenvalue weighted by Crippen LogP contribution is -2.12. The molecular formula is C16H27NO. The molecular weight excluding hydrogens is 222 g/mol. The number of nitrogens with one attached hydrogen (secondary N) is 1. The number of rotatable bonds is 1. The van der Waals surface area contributed by atoms with Gasteiger partial charge in [-0.05, 0) is 12.8 Å². The highest BCUT2D eigenvalue weighted by atomic mass is 16.5. The minimum atomic E-state index is 0.627. The van der Waals surface area contributed by atoms with Crippen molar-refractivity contribution in [3.8, 4) is 0 Å². The topological polar surface area (TPSA) is 21.3 Å². The monoisotopic (exact) mass is 249 g/mol. The van der Waals surface area contributed by atoms with Crippen LogP contribution in [0.15, 0.2) is 24.4 Å². The standard InChI is InChI=1S/C16H27NO/c1-2-4-6-8-10-15(11-9-7-5-3-1)16-14-17-12-13-18-16/h12-15,17H,1-11H2. The van der Waals surface area contributed by atoms with Crippen molar-refractivity contribution in [1.29, 1.82) is 0 Å². The Morgan fingerprint density at radius 1 is 0.833 bits per heavy atom. The van der Waals surface area contributed by atoms with E-state index in [-0.39, 0.29) is 0 Å². The first-order chi connectivity index (χ1) is 8.97. The normalized spacial score (nSPS) is 24.1. The molecule has 1 saturated carbocycles. The van der Waals surface area contributed by atoms with Crippen molar-refractivity contribution in [3.05, 3.63) is 24.4 Å². The van der Waals surface area contributed by atoms with Crippen molar-refractivity contribution in [2.45, 2.75) is 70.6 Å². The fourth-order valence-electron chi connectivity index (χ4n) is 2.98. The number of hydrogen-bond donors (Lipinski definition) is 1. The van der Waals surface area contributed by atoms with Crippen molar-refractivity contribution in [2.24, 2.45) is 5.92 Å². The largest absolute Gasteiger partial charge is 0.466 e. The van der Waals surface area contributed by atoms with Crippen molar-refractivity contribution in [1.82, 2.24) is 5.32 Å². The lowest BCUT2D eigenvalue weighted by Gasteiger charge is -2.21. The second kappa shape index (κ2) is 8.23. The van der Waals surface area contributed by atoms with Crippen molar-refractivity contribution >= 4 is 0 Å². The maximum absolute atomic E-state index is 5.66. The molecule has 0 atom stereocenters. The SMILES string of the molecule is C1=COC(C2CCCCCCCCCCC2)=CN1. The molecule has 1 aliphatic carbocycles. The molecule has 0 aromatic heterocycles. The van der Waals surface area contributed by atoms with E-state index in [0.717, 1.165) is 5.76 Å².